The lowest BCUT2D eigenvalue weighted by atomic mass is 10.7. The summed E-state index contributed by atoms with van der Waals surface area (Å²) in [5.74, 6) is 0. The second-order valence-corrected chi connectivity index (χ2v) is 1.26. The lowest BCUT2D eigenvalue weighted by Gasteiger charge is -2.00. The van der Waals surface area contributed by atoms with Crippen molar-refractivity contribution in [2.24, 2.45) is 0 Å². The Morgan fingerprint density at radius 2 is 2.56 bits per heavy atom. The highest BCUT2D eigenvalue weighted by Gasteiger charge is 1.93. The summed E-state index contributed by atoms with van der Waals surface area (Å²) in [7, 11) is 1.58. The van der Waals surface area contributed by atoms with E-state index in [1.54, 1.807) is 7.05 Å². The van der Waals surface area contributed by atoms with Crippen LogP contribution in [0.4, 0.5) is 4.79 Å². The van der Waals surface area contributed by atoms with E-state index < -0.39 is 6.09 Å². The van der Waals surface area contributed by atoms with Crippen LogP contribution in [-0.4, -0.2) is 19.7 Å². The van der Waals surface area contributed by atoms with Crippen LogP contribution in [0, 0.1) is 0 Å². The van der Waals surface area contributed by atoms with Crippen molar-refractivity contribution in [2.75, 3.05) is 13.7 Å². The van der Waals surface area contributed by atoms with E-state index in [0.717, 1.165) is 0 Å². The Labute approximate surface area is 53.9 Å². The van der Waals surface area contributed by atoms with E-state index in [9.17, 15) is 4.79 Å². The molecular formula is C5H10N2O2. The fourth-order valence-corrected chi connectivity index (χ4v) is 0.273. The van der Waals surface area contributed by atoms with Crippen molar-refractivity contribution in [3.8, 4) is 0 Å². The van der Waals surface area contributed by atoms with E-state index in [0.29, 0.717) is 0 Å². The van der Waals surface area contributed by atoms with E-state index >= 15 is 0 Å². The van der Waals surface area contributed by atoms with Crippen LogP contribution >= 0.6 is 0 Å². The molecule has 0 spiro atoms. The van der Waals surface area contributed by atoms with Gasteiger partial charge in [-0.2, -0.15) is 0 Å². The van der Waals surface area contributed by atoms with E-state index in [1.807, 2.05) is 0 Å². The molecular weight excluding hydrogens is 120 g/mol. The maximum absolute atomic E-state index is 10.4. The highest BCUT2D eigenvalue weighted by Crippen LogP contribution is 1.73. The summed E-state index contributed by atoms with van der Waals surface area (Å²) >= 11 is 0. The molecule has 0 aromatic heterocycles. The maximum atomic E-state index is 10.4. The van der Waals surface area contributed by atoms with Gasteiger partial charge in [-0.25, -0.2) is 10.2 Å². The Morgan fingerprint density at radius 1 is 1.89 bits per heavy atom. The molecule has 0 aliphatic carbocycles. The zero-order valence-electron chi connectivity index (χ0n) is 5.31. The molecule has 0 heterocycles. The van der Waals surface area contributed by atoms with Gasteiger partial charge in [0.05, 0.1) is 0 Å². The first-order valence-electron chi connectivity index (χ1n) is 2.51. The quantitative estimate of drug-likeness (QED) is 0.418. The van der Waals surface area contributed by atoms with Gasteiger partial charge in [0.15, 0.2) is 0 Å². The molecule has 0 saturated carbocycles. The molecule has 0 unspecified atom stereocenters. The van der Waals surface area contributed by atoms with Gasteiger partial charge in [-0.05, 0) is 0 Å². The molecule has 0 radical (unpaired) electrons. The van der Waals surface area contributed by atoms with E-state index in [2.05, 4.69) is 22.2 Å². The molecule has 0 aromatic carbocycles. The molecule has 2 N–H and O–H groups in total. The smallest absolute Gasteiger partial charge is 0.421 e. The van der Waals surface area contributed by atoms with Gasteiger partial charge >= 0.3 is 6.09 Å². The van der Waals surface area contributed by atoms with Gasteiger partial charge in [0.25, 0.3) is 0 Å². The number of hydrogen-bond donors (Lipinski definition) is 2. The van der Waals surface area contributed by atoms with Crippen LogP contribution in [0.2, 0.25) is 0 Å². The molecule has 52 valence electrons. The first kappa shape index (κ1) is 7.97. The summed E-state index contributed by atoms with van der Waals surface area (Å²) in [5, 5.41) is 0. The van der Waals surface area contributed by atoms with Crippen molar-refractivity contribution in [3.63, 3.8) is 0 Å². The Bertz CT molecular complexity index is 103. The van der Waals surface area contributed by atoms with Crippen molar-refractivity contribution in [2.45, 2.75) is 0 Å². The Hall–Kier alpha value is -1.03. The van der Waals surface area contributed by atoms with Crippen LogP contribution < -0.4 is 10.9 Å². The second kappa shape index (κ2) is 5.11. The molecule has 0 fully saturated rings. The third kappa shape index (κ3) is 4.83. The number of carbonyl (C=O) groups excluding carboxylic acids is 1. The van der Waals surface area contributed by atoms with Gasteiger partial charge in [0.1, 0.15) is 6.61 Å². The normalized spacial score (nSPS) is 8.11. The van der Waals surface area contributed by atoms with Crippen LogP contribution in [0.3, 0.4) is 0 Å². The molecule has 4 heteroatoms. The summed E-state index contributed by atoms with van der Waals surface area (Å²) in [6.07, 6.45) is 0.993. The maximum Gasteiger partial charge on any atom is 0.421 e. The van der Waals surface area contributed by atoms with E-state index in [1.165, 1.54) is 6.08 Å². The largest absolute Gasteiger partial charge is 0.444 e. The lowest BCUT2D eigenvalue weighted by Crippen LogP contribution is -2.34. The topological polar surface area (TPSA) is 50.4 Å². The number of carbonyl (C=O) groups is 1. The minimum absolute atomic E-state index is 0.230. The number of nitrogens with one attached hydrogen (secondary N) is 2. The van der Waals surface area contributed by atoms with Gasteiger partial charge in [-0.1, -0.05) is 12.7 Å². The van der Waals surface area contributed by atoms with E-state index in [4.69, 9.17) is 0 Å². The Morgan fingerprint density at radius 3 is 3.00 bits per heavy atom. The SMILES string of the molecule is C=CCOC(=O)NNC. The second-order valence-electron chi connectivity index (χ2n) is 1.26. The van der Waals surface area contributed by atoms with Crippen molar-refractivity contribution in [1.29, 1.82) is 0 Å². The van der Waals surface area contributed by atoms with Gasteiger partial charge in [-0.15, -0.1) is 0 Å². The molecule has 0 aromatic rings. The molecule has 0 aliphatic rings. The molecule has 0 bridgehead atoms. The highest BCUT2D eigenvalue weighted by atomic mass is 16.5. The summed E-state index contributed by atoms with van der Waals surface area (Å²) in [6, 6.07) is 0. The van der Waals surface area contributed by atoms with Gasteiger partial charge < -0.3 is 4.74 Å². The van der Waals surface area contributed by atoms with Crippen LogP contribution in [0.1, 0.15) is 0 Å². The fourth-order valence-electron chi connectivity index (χ4n) is 0.273. The molecule has 4 nitrogen and oxygen atoms in total. The summed E-state index contributed by atoms with van der Waals surface area (Å²) in [4.78, 5) is 10.4. The van der Waals surface area contributed by atoms with Crippen molar-refractivity contribution in [1.82, 2.24) is 10.9 Å². The Kier molecular flexibility index (Phi) is 4.53. The number of amides is 1. The average Bonchev–Trinajstić information content (AvgIpc) is 1.85. The third-order valence-electron chi connectivity index (χ3n) is 0.559. The molecule has 9 heavy (non-hydrogen) atoms. The molecule has 1 amide bonds. The fraction of sp³-hybridized carbons (Fsp3) is 0.400. The van der Waals surface area contributed by atoms with Gasteiger partial charge in [0.2, 0.25) is 0 Å². The molecule has 0 aliphatic heterocycles. The first-order chi connectivity index (χ1) is 4.31. The number of rotatable bonds is 3. The standard InChI is InChI=1S/C5H10N2O2/c1-3-4-9-5(8)7-6-2/h3,6H,1,4H2,2H3,(H,7,8). The summed E-state index contributed by atoms with van der Waals surface area (Å²) in [5.41, 5.74) is 4.64. The summed E-state index contributed by atoms with van der Waals surface area (Å²) in [6.45, 7) is 3.60. The van der Waals surface area contributed by atoms with Crippen molar-refractivity contribution < 1.29 is 9.53 Å². The zero-order chi connectivity index (χ0) is 7.11. The van der Waals surface area contributed by atoms with Gasteiger partial charge in [0, 0.05) is 7.05 Å². The van der Waals surface area contributed by atoms with Crippen LogP contribution in [0.15, 0.2) is 12.7 Å². The van der Waals surface area contributed by atoms with Crippen LogP contribution in [0.25, 0.3) is 0 Å². The monoisotopic (exact) mass is 130 g/mol. The molecule has 0 atom stereocenters. The predicted molar refractivity (Wildman–Crippen MR) is 33.7 cm³/mol. The highest BCUT2D eigenvalue weighted by molar-refractivity contribution is 5.66. The number of hydrogen-bond acceptors (Lipinski definition) is 3. The van der Waals surface area contributed by atoms with Crippen molar-refractivity contribution >= 4 is 6.09 Å². The minimum Gasteiger partial charge on any atom is -0.444 e. The lowest BCUT2D eigenvalue weighted by molar-refractivity contribution is 0.154. The zero-order valence-corrected chi connectivity index (χ0v) is 5.31. The van der Waals surface area contributed by atoms with Crippen LogP contribution in [-0.2, 0) is 4.74 Å². The third-order valence-corrected chi connectivity index (χ3v) is 0.559. The number of ether oxygens (including phenoxy) is 1. The average molecular weight is 130 g/mol. The van der Waals surface area contributed by atoms with Gasteiger partial charge in [-0.3, -0.25) is 5.43 Å². The molecule has 0 rings (SSSR count). The molecule has 0 saturated heterocycles. The van der Waals surface area contributed by atoms with Crippen LogP contribution in [0.5, 0.6) is 0 Å². The Balaban J connectivity index is 3.16. The van der Waals surface area contributed by atoms with E-state index in [-0.39, 0.29) is 6.61 Å². The first-order valence-corrected chi connectivity index (χ1v) is 2.51. The number of hydrazine groups is 1. The summed E-state index contributed by atoms with van der Waals surface area (Å²) < 4.78 is 4.50. The minimum atomic E-state index is -0.502. The van der Waals surface area contributed by atoms with Crippen molar-refractivity contribution in [3.05, 3.63) is 12.7 Å². The predicted octanol–water partition coefficient (Wildman–Crippen LogP) is 0.0330.